The van der Waals surface area contributed by atoms with Gasteiger partial charge in [-0.05, 0) is 54.3 Å². The first-order valence-electron chi connectivity index (χ1n) is 5.76. The quantitative estimate of drug-likeness (QED) is 0.874. The van der Waals surface area contributed by atoms with Gasteiger partial charge in [0.15, 0.2) is 0 Å². The highest BCUT2D eigenvalue weighted by Crippen LogP contribution is 2.26. The molecule has 0 amide bonds. The zero-order valence-electron chi connectivity index (χ0n) is 9.91. The van der Waals surface area contributed by atoms with Crippen molar-refractivity contribution in [3.63, 3.8) is 0 Å². The summed E-state index contributed by atoms with van der Waals surface area (Å²) in [6, 6.07) is 14.5. The van der Waals surface area contributed by atoms with E-state index in [-0.39, 0.29) is 0 Å². The van der Waals surface area contributed by atoms with Crippen molar-refractivity contribution >= 4 is 11.6 Å². The van der Waals surface area contributed by atoms with Crippen LogP contribution >= 0.6 is 11.6 Å². The Morgan fingerprint density at radius 3 is 2.41 bits per heavy atom. The van der Waals surface area contributed by atoms with Gasteiger partial charge in [0.1, 0.15) is 0 Å². The van der Waals surface area contributed by atoms with Gasteiger partial charge in [0.25, 0.3) is 0 Å². The van der Waals surface area contributed by atoms with E-state index in [4.69, 9.17) is 17.3 Å². The molecule has 0 saturated carbocycles. The Labute approximate surface area is 107 Å². The Kier molecular flexibility index (Phi) is 3.82. The average molecular weight is 246 g/mol. The van der Waals surface area contributed by atoms with Crippen LogP contribution in [-0.2, 0) is 6.42 Å². The number of nitrogens with two attached hydrogens (primary N) is 1. The summed E-state index contributed by atoms with van der Waals surface area (Å²) in [7, 11) is 0. The molecule has 0 atom stereocenters. The van der Waals surface area contributed by atoms with E-state index >= 15 is 0 Å². The molecule has 0 heterocycles. The number of rotatable bonds is 3. The van der Waals surface area contributed by atoms with Gasteiger partial charge in [-0.3, -0.25) is 0 Å². The minimum atomic E-state index is 0.690. The lowest BCUT2D eigenvalue weighted by atomic mass is 9.99. The largest absolute Gasteiger partial charge is 0.330 e. The highest BCUT2D eigenvalue weighted by atomic mass is 35.5. The van der Waals surface area contributed by atoms with Gasteiger partial charge in [-0.15, -0.1) is 0 Å². The minimum Gasteiger partial charge on any atom is -0.330 e. The van der Waals surface area contributed by atoms with E-state index in [2.05, 4.69) is 31.2 Å². The molecule has 0 aliphatic rings. The van der Waals surface area contributed by atoms with Crippen LogP contribution in [0.5, 0.6) is 0 Å². The third-order valence-corrected chi connectivity index (χ3v) is 3.13. The van der Waals surface area contributed by atoms with E-state index in [0.717, 1.165) is 11.4 Å². The molecule has 2 heteroatoms. The summed E-state index contributed by atoms with van der Waals surface area (Å²) in [6.07, 6.45) is 0.925. The van der Waals surface area contributed by atoms with E-state index in [1.807, 2.05) is 18.2 Å². The molecule has 0 unspecified atom stereocenters. The van der Waals surface area contributed by atoms with Crippen LogP contribution in [0.1, 0.15) is 11.1 Å². The van der Waals surface area contributed by atoms with Gasteiger partial charge in [0.05, 0.1) is 0 Å². The van der Waals surface area contributed by atoms with Crippen LogP contribution < -0.4 is 5.73 Å². The lowest BCUT2D eigenvalue weighted by Crippen LogP contribution is -2.02. The van der Waals surface area contributed by atoms with Crippen molar-refractivity contribution in [1.29, 1.82) is 0 Å². The van der Waals surface area contributed by atoms with Gasteiger partial charge in [-0.1, -0.05) is 41.9 Å². The molecule has 0 aliphatic heterocycles. The van der Waals surface area contributed by atoms with Crippen LogP contribution in [0.25, 0.3) is 11.1 Å². The van der Waals surface area contributed by atoms with Crippen LogP contribution in [0.3, 0.4) is 0 Å². The summed E-state index contributed by atoms with van der Waals surface area (Å²) in [5.41, 5.74) is 10.4. The molecule has 0 saturated heterocycles. The van der Waals surface area contributed by atoms with Crippen LogP contribution in [0.4, 0.5) is 0 Å². The van der Waals surface area contributed by atoms with E-state index < -0.39 is 0 Å². The Hall–Kier alpha value is -1.31. The van der Waals surface area contributed by atoms with Gasteiger partial charge in [0, 0.05) is 5.02 Å². The maximum absolute atomic E-state index is 6.03. The van der Waals surface area contributed by atoms with Crippen molar-refractivity contribution in [2.24, 2.45) is 5.73 Å². The van der Waals surface area contributed by atoms with Crippen molar-refractivity contribution < 1.29 is 0 Å². The molecule has 1 nitrogen and oxygen atoms in total. The maximum atomic E-state index is 6.03. The lowest BCUT2D eigenvalue weighted by molar-refractivity contribution is 0.969. The smallest absolute Gasteiger partial charge is 0.0412 e. The molecule has 17 heavy (non-hydrogen) atoms. The van der Waals surface area contributed by atoms with Crippen molar-refractivity contribution in [2.45, 2.75) is 13.3 Å². The number of hydrogen-bond donors (Lipinski definition) is 1. The molecule has 88 valence electrons. The lowest BCUT2D eigenvalue weighted by Gasteiger charge is -2.07. The van der Waals surface area contributed by atoms with Gasteiger partial charge in [-0.2, -0.15) is 0 Å². The Bertz CT molecular complexity index is 503. The molecule has 0 aromatic heterocycles. The van der Waals surface area contributed by atoms with E-state index in [1.165, 1.54) is 22.3 Å². The molecule has 0 aliphatic carbocycles. The maximum Gasteiger partial charge on any atom is 0.0412 e. The second-order valence-corrected chi connectivity index (χ2v) is 4.63. The number of aryl methyl sites for hydroxylation is 1. The molecule has 0 spiro atoms. The summed E-state index contributed by atoms with van der Waals surface area (Å²) in [5.74, 6) is 0. The first-order chi connectivity index (χ1) is 8.20. The second-order valence-electron chi connectivity index (χ2n) is 4.19. The van der Waals surface area contributed by atoms with Crippen LogP contribution in [0.15, 0.2) is 42.5 Å². The molecule has 2 rings (SSSR count). The summed E-state index contributed by atoms with van der Waals surface area (Å²) in [6.45, 7) is 2.79. The molecule has 2 N–H and O–H groups in total. The highest BCUT2D eigenvalue weighted by Gasteiger charge is 2.02. The predicted molar refractivity (Wildman–Crippen MR) is 74.4 cm³/mol. The topological polar surface area (TPSA) is 26.0 Å². The summed E-state index contributed by atoms with van der Waals surface area (Å²) < 4.78 is 0. The first kappa shape index (κ1) is 12.2. The molecule has 2 aromatic rings. The zero-order valence-corrected chi connectivity index (χ0v) is 10.7. The molecule has 0 radical (unpaired) electrons. The van der Waals surface area contributed by atoms with Gasteiger partial charge in [-0.25, -0.2) is 0 Å². The molecule has 2 aromatic carbocycles. The summed E-state index contributed by atoms with van der Waals surface area (Å²) in [5, 5.41) is 0.775. The number of halogens is 1. The van der Waals surface area contributed by atoms with Crippen molar-refractivity contribution in [3.8, 4) is 11.1 Å². The Morgan fingerprint density at radius 2 is 1.76 bits per heavy atom. The normalized spacial score (nSPS) is 10.5. The van der Waals surface area contributed by atoms with Crippen LogP contribution in [0.2, 0.25) is 5.02 Å². The van der Waals surface area contributed by atoms with E-state index in [9.17, 15) is 0 Å². The van der Waals surface area contributed by atoms with Crippen molar-refractivity contribution in [1.82, 2.24) is 0 Å². The SMILES string of the molecule is Cc1ccc(Cl)cc1-c1ccc(CCN)cc1. The minimum absolute atomic E-state index is 0.690. The van der Waals surface area contributed by atoms with E-state index in [0.29, 0.717) is 6.54 Å². The van der Waals surface area contributed by atoms with Crippen LogP contribution in [-0.4, -0.2) is 6.54 Å². The monoisotopic (exact) mass is 245 g/mol. The van der Waals surface area contributed by atoms with Crippen LogP contribution in [0, 0.1) is 6.92 Å². The fourth-order valence-corrected chi connectivity index (χ4v) is 2.09. The number of hydrogen-bond acceptors (Lipinski definition) is 1. The Morgan fingerprint density at radius 1 is 1.06 bits per heavy atom. The van der Waals surface area contributed by atoms with E-state index in [1.54, 1.807) is 0 Å². The highest BCUT2D eigenvalue weighted by molar-refractivity contribution is 6.30. The van der Waals surface area contributed by atoms with Crippen molar-refractivity contribution in [3.05, 3.63) is 58.6 Å². The molecule has 0 fully saturated rings. The second kappa shape index (κ2) is 5.35. The molecule has 0 bridgehead atoms. The fraction of sp³-hybridized carbons (Fsp3) is 0.200. The van der Waals surface area contributed by atoms with Gasteiger partial charge < -0.3 is 5.73 Å². The van der Waals surface area contributed by atoms with Crippen molar-refractivity contribution in [2.75, 3.05) is 6.54 Å². The predicted octanol–water partition coefficient (Wildman–Crippen LogP) is 3.82. The average Bonchev–Trinajstić information content (AvgIpc) is 2.34. The third kappa shape index (κ3) is 2.87. The third-order valence-electron chi connectivity index (χ3n) is 2.90. The summed E-state index contributed by atoms with van der Waals surface area (Å²) >= 11 is 6.03. The summed E-state index contributed by atoms with van der Waals surface area (Å²) in [4.78, 5) is 0. The standard InChI is InChI=1S/C15H16ClN/c1-11-2-7-14(16)10-15(11)13-5-3-12(4-6-13)8-9-17/h2-7,10H,8-9,17H2,1H3. The fourth-order valence-electron chi connectivity index (χ4n) is 1.92. The molecular formula is C15H16ClN. The zero-order chi connectivity index (χ0) is 12.3. The first-order valence-corrected chi connectivity index (χ1v) is 6.14. The van der Waals surface area contributed by atoms with Gasteiger partial charge in [0.2, 0.25) is 0 Å². The number of benzene rings is 2. The Balaban J connectivity index is 2.36. The molecular weight excluding hydrogens is 230 g/mol. The van der Waals surface area contributed by atoms with Gasteiger partial charge >= 0.3 is 0 Å².